The molecule has 6 heteroatoms. The molecule has 1 atom stereocenters. The molecule has 2 aromatic rings. The number of unbranched alkanes of at least 4 members (excludes halogenated alkanes) is 2. The predicted octanol–water partition coefficient (Wildman–Crippen LogP) is 4.32. The molecule has 1 fully saturated rings. The maximum atomic E-state index is 13.0. The summed E-state index contributed by atoms with van der Waals surface area (Å²) in [6, 6.07) is 8.27. The maximum absolute atomic E-state index is 13.0. The number of ketones is 1. The lowest BCUT2D eigenvalue weighted by molar-refractivity contribution is -0.140. The predicted molar refractivity (Wildman–Crippen MR) is 115 cm³/mol. The first kappa shape index (κ1) is 21.6. The molecule has 0 saturated carbocycles. The van der Waals surface area contributed by atoms with Crippen LogP contribution < -0.4 is 4.74 Å². The Bertz CT molecular complexity index is 982. The van der Waals surface area contributed by atoms with Gasteiger partial charge in [-0.3, -0.25) is 14.6 Å². The number of Topliss-reactive ketones (excluding diaryl/α,β-unsaturated/α-hetero) is 1. The second kappa shape index (κ2) is 9.11. The Labute approximate surface area is 177 Å². The second-order valence-corrected chi connectivity index (χ2v) is 7.59. The minimum atomic E-state index is -0.704. The Hall–Kier alpha value is -3.15. The van der Waals surface area contributed by atoms with Crippen LogP contribution in [0, 0.1) is 13.8 Å². The molecule has 1 N–H and O–H groups in total. The van der Waals surface area contributed by atoms with Crippen LogP contribution >= 0.6 is 0 Å². The molecule has 0 aliphatic carbocycles. The number of aliphatic hydroxyl groups excluding tert-OH is 1. The van der Waals surface area contributed by atoms with E-state index in [1.54, 1.807) is 31.5 Å². The molecule has 3 rings (SSSR count). The number of benzene rings is 1. The average molecular weight is 408 g/mol. The lowest BCUT2D eigenvalue weighted by Gasteiger charge is -2.24. The first-order valence-corrected chi connectivity index (χ1v) is 10.3. The van der Waals surface area contributed by atoms with Crippen molar-refractivity contribution in [3.8, 4) is 5.75 Å². The number of hydrogen-bond donors (Lipinski definition) is 1. The van der Waals surface area contributed by atoms with Crippen molar-refractivity contribution in [3.63, 3.8) is 0 Å². The molecule has 30 heavy (non-hydrogen) atoms. The fourth-order valence-electron chi connectivity index (χ4n) is 3.90. The summed E-state index contributed by atoms with van der Waals surface area (Å²) in [5.41, 5.74) is 2.75. The summed E-state index contributed by atoms with van der Waals surface area (Å²) >= 11 is 0. The molecule has 1 amide bonds. The fraction of sp³-hybridized carbons (Fsp3) is 0.375. The minimum Gasteiger partial charge on any atom is -0.507 e. The van der Waals surface area contributed by atoms with Gasteiger partial charge >= 0.3 is 0 Å². The summed E-state index contributed by atoms with van der Waals surface area (Å²) in [6.45, 7) is 6.23. The number of carbonyl (C=O) groups excluding carboxylic acids is 2. The molecule has 1 aromatic carbocycles. The molecule has 0 radical (unpaired) electrons. The van der Waals surface area contributed by atoms with E-state index in [0.29, 0.717) is 23.6 Å². The molecule has 158 valence electrons. The maximum Gasteiger partial charge on any atom is 0.295 e. The van der Waals surface area contributed by atoms with E-state index in [1.807, 2.05) is 26.0 Å². The number of rotatable bonds is 7. The van der Waals surface area contributed by atoms with Crippen molar-refractivity contribution in [2.24, 2.45) is 0 Å². The molecule has 1 aliphatic rings. The van der Waals surface area contributed by atoms with Gasteiger partial charge in [0.1, 0.15) is 17.6 Å². The molecular formula is C24H28N2O4. The van der Waals surface area contributed by atoms with Crippen LogP contribution in [0.5, 0.6) is 5.75 Å². The van der Waals surface area contributed by atoms with E-state index >= 15 is 0 Å². The lowest BCUT2D eigenvalue weighted by Crippen LogP contribution is -2.31. The van der Waals surface area contributed by atoms with Crippen LogP contribution in [0.2, 0.25) is 0 Å². The summed E-state index contributed by atoms with van der Waals surface area (Å²) in [5.74, 6) is -0.741. The number of ether oxygens (including phenoxy) is 1. The summed E-state index contributed by atoms with van der Waals surface area (Å²) in [7, 11) is 1.59. The van der Waals surface area contributed by atoms with Crippen molar-refractivity contribution in [1.82, 2.24) is 9.88 Å². The summed E-state index contributed by atoms with van der Waals surface area (Å²) in [6.07, 6.45) is 4.37. The smallest absolute Gasteiger partial charge is 0.295 e. The highest BCUT2D eigenvalue weighted by Gasteiger charge is 2.46. The van der Waals surface area contributed by atoms with E-state index in [9.17, 15) is 14.7 Å². The number of hydrogen-bond acceptors (Lipinski definition) is 5. The van der Waals surface area contributed by atoms with Crippen LogP contribution in [0.4, 0.5) is 0 Å². The van der Waals surface area contributed by atoms with Gasteiger partial charge < -0.3 is 14.7 Å². The van der Waals surface area contributed by atoms with Crippen molar-refractivity contribution < 1.29 is 19.4 Å². The van der Waals surface area contributed by atoms with Gasteiger partial charge in [0.05, 0.1) is 18.4 Å². The number of carbonyl (C=O) groups is 2. The van der Waals surface area contributed by atoms with Gasteiger partial charge in [0.25, 0.3) is 11.7 Å². The van der Waals surface area contributed by atoms with E-state index < -0.39 is 17.7 Å². The normalized spacial score (nSPS) is 18.1. The largest absolute Gasteiger partial charge is 0.507 e. The van der Waals surface area contributed by atoms with Crippen LogP contribution in [0.3, 0.4) is 0 Å². The number of nitrogens with zero attached hydrogens (tertiary/aromatic N) is 2. The molecule has 0 bridgehead atoms. The van der Waals surface area contributed by atoms with E-state index in [4.69, 9.17) is 4.74 Å². The van der Waals surface area contributed by atoms with Crippen LogP contribution in [-0.2, 0) is 9.59 Å². The Kier molecular flexibility index (Phi) is 6.55. The number of aromatic nitrogens is 1. The summed E-state index contributed by atoms with van der Waals surface area (Å²) < 4.78 is 5.35. The van der Waals surface area contributed by atoms with Crippen molar-refractivity contribution in [2.75, 3.05) is 13.7 Å². The third kappa shape index (κ3) is 3.95. The first-order valence-electron chi connectivity index (χ1n) is 10.3. The van der Waals surface area contributed by atoms with E-state index in [2.05, 4.69) is 11.9 Å². The zero-order valence-electron chi connectivity index (χ0n) is 17.9. The van der Waals surface area contributed by atoms with Gasteiger partial charge in [-0.15, -0.1) is 0 Å². The van der Waals surface area contributed by atoms with Gasteiger partial charge in [-0.2, -0.15) is 0 Å². The Balaban J connectivity index is 2.16. The molecule has 1 aromatic heterocycles. The standard InChI is InChI=1S/C24H28N2O4/c1-5-6-9-12-26-21(18-10-7-8-11-25-18)20(23(28)24(26)29)22(27)17-13-16(3)19(30-4)14-15(17)2/h7-8,10-11,13-14,21,27H,5-6,9,12H2,1-4H3/b22-20+. The number of aryl methyl sites for hydroxylation is 2. The molecule has 1 unspecified atom stereocenters. The molecule has 6 nitrogen and oxygen atoms in total. The summed E-state index contributed by atoms with van der Waals surface area (Å²) in [5, 5.41) is 11.2. The highest BCUT2D eigenvalue weighted by atomic mass is 16.5. The minimum absolute atomic E-state index is 0.0860. The van der Waals surface area contributed by atoms with E-state index in [1.165, 1.54) is 4.90 Å². The molecule has 1 aliphatic heterocycles. The third-order valence-electron chi connectivity index (χ3n) is 5.51. The van der Waals surface area contributed by atoms with Crippen LogP contribution in [0.1, 0.15) is 54.6 Å². The van der Waals surface area contributed by atoms with Crippen molar-refractivity contribution in [3.05, 3.63) is 64.5 Å². The fourth-order valence-corrected chi connectivity index (χ4v) is 3.90. The Morgan fingerprint density at radius 2 is 1.93 bits per heavy atom. The van der Waals surface area contributed by atoms with E-state index in [0.717, 1.165) is 30.4 Å². The van der Waals surface area contributed by atoms with Gasteiger partial charge in [0.15, 0.2) is 0 Å². The number of pyridine rings is 1. The zero-order chi connectivity index (χ0) is 21.8. The number of amides is 1. The van der Waals surface area contributed by atoms with E-state index in [-0.39, 0.29) is 11.3 Å². The van der Waals surface area contributed by atoms with Crippen LogP contribution in [0.15, 0.2) is 42.1 Å². The van der Waals surface area contributed by atoms with Gasteiger partial charge in [-0.05, 0) is 55.7 Å². The second-order valence-electron chi connectivity index (χ2n) is 7.59. The highest BCUT2D eigenvalue weighted by molar-refractivity contribution is 6.46. The number of likely N-dealkylation sites (tertiary alicyclic amines) is 1. The van der Waals surface area contributed by atoms with Gasteiger partial charge in [0, 0.05) is 18.3 Å². The van der Waals surface area contributed by atoms with Gasteiger partial charge in [-0.1, -0.05) is 25.8 Å². The van der Waals surface area contributed by atoms with Crippen LogP contribution in [-0.4, -0.2) is 40.3 Å². The molecule has 2 heterocycles. The molecule has 0 spiro atoms. The lowest BCUT2D eigenvalue weighted by atomic mass is 9.95. The SMILES string of the molecule is CCCCCN1C(=O)C(=O)/C(=C(/O)c2cc(C)c(OC)cc2C)C1c1ccccn1. The molecular weight excluding hydrogens is 380 g/mol. The average Bonchev–Trinajstić information content (AvgIpc) is 3.00. The first-order chi connectivity index (χ1) is 14.4. The highest BCUT2D eigenvalue weighted by Crippen LogP contribution is 2.40. The van der Waals surface area contributed by atoms with Crippen molar-refractivity contribution >= 4 is 17.4 Å². The zero-order valence-corrected chi connectivity index (χ0v) is 17.9. The van der Waals surface area contributed by atoms with Gasteiger partial charge in [-0.25, -0.2) is 0 Å². The quantitative estimate of drug-likeness (QED) is 0.319. The van der Waals surface area contributed by atoms with Gasteiger partial charge in [0.2, 0.25) is 0 Å². The van der Waals surface area contributed by atoms with Crippen LogP contribution in [0.25, 0.3) is 5.76 Å². The van der Waals surface area contributed by atoms with Crippen molar-refractivity contribution in [1.29, 1.82) is 0 Å². The monoisotopic (exact) mass is 408 g/mol. The number of aliphatic hydroxyl groups is 1. The summed E-state index contributed by atoms with van der Waals surface area (Å²) in [4.78, 5) is 31.8. The van der Waals surface area contributed by atoms with Crippen molar-refractivity contribution in [2.45, 2.75) is 46.1 Å². The molecule has 1 saturated heterocycles. The Morgan fingerprint density at radius 3 is 2.57 bits per heavy atom. The Morgan fingerprint density at radius 1 is 1.17 bits per heavy atom. The number of methoxy groups -OCH3 is 1. The third-order valence-corrected chi connectivity index (χ3v) is 5.51. The topological polar surface area (TPSA) is 79.7 Å².